The van der Waals surface area contributed by atoms with Gasteiger partial charge in [-0.05, 0) is 56.1 Å². The van der Waals surface area contributed by atoms with Crippen molar-refractivity contribution < 1.29 is 14.3 Å². The van der Waals surface area contributed by atoms with Gasteiger partial charge in [0.25, 0.3) is 0 Å². The monoisotopic (exact) mass is 738 g/mol. The van der Waals surface area contributed by atoms with Gasteiger partial charge in [0.1, 0.15) is 25.8 Å². The number of fused-ring (bicyclic) bond motifs is 1. The average molecular weight is 742 g/mol. The van der Waals surface area contributed by atoms with Crippen molar-refractivity contribution in [1.82, 2.24) is 39.5 Å². The first-order valence-corrected chi connectivity index (χ1v) is 13.8. The van der Waals surface area contributed by atoms with Gasteiger partial charge < -0.3 is 9.52 Å². The highest BCUT2D eigenvalue weighted by Crippen LogP contribution is 2.28. The third-order valence-corrected chi connectivity index (χ3v) is 6.81. The Balaban J connectivity index is 0.000000182. The predicted octanol–water partition coefficient (Wildman–Crippen LogP) is 6.28. The molecule has 0 bridgehead atoms. The van der Waals surface area contributed by atoms with Gasteiger partial charge in [-0.15, -0.1) is 0 Å². The number of carboxylic acid groups (broad SMARTS) is 1. The molecular weight excluding hydrogens is 730 g/mol. The molecule has 6 heterocycles. The zero-order valence-corrected chi connectivity index (χ0v) is 25.4. The van der Waals surface area contributed by atoms with Crippen LogP contribution in [0.15, 0.2) is 79.6 Å². The van der Waals surface area contributed by atoms with E-state index in [1.54, 1.807) is 36.5 Å². The van der Waals surface area contributed by atoms with Gasteiger partial charge in [0.05, 0.1) is 15.1 Å². The van der Waals surface area contributed by atoms with Crippen LogP contribution in [0.3, 0.4) is 0 Å². The maximum Gasteiger partial charge on any atom is 0.354 e. The molecule has 0 saturated carbocycles. The van der Waals surface area contributed by atoms with Gasteiger partial charge in [0.2, 0.25) is 5.89 Å². The lowest BCUT2D eigenvalue weighted by Crippen LogP contribution is -2.09. The van der Waals surface area contributed by atoms with Crippen molar-refractivity contribution in [1.29, 1.82) is 0 Å². The number of aromatic nitrogens is 8. The van der Waals surface area contributed by atoms with E-state index in [1.807, 2.05) is 0 Å². The van der Waals surface area contributed by atoms with E-state index in [0.29, 0.717) is 36.3 Å². The number of halogens is 5. The summed E-state index contributed by atoms with van der Waals surface area (Å²) in [6.07, 6.45) is 5.85. The smallest absolute Gasteiger partial charge is 0.354 e. The number of carboxylic acids is 1. The van der Waals surface area contributed by atoms with Crippen LogP contribution in [0.25, 0.3) is 34.1 Å². The van der Waals surface area contributed by atoms with Gasteiger partial charge in [-0.3, -0.25) is 4.98 Å². The molecule has 6 rings (SSSR count). The molecule has 0 aliphatic rings. The van der Waals surface area contributed by atoms with E-state index >= 15 is 0 Å². The van der Waals surface area contributed by atoms with E-state index in [4.69, 9.17) is 44.3 Å². The summed E-state index contributed by atoms with van der Waals surface area (Å²) >= 11 is 24.6. The number of carbonyl (C=O) groups is 1. The van der Waals surface area contributed by atoms with Crippen molar-refractivity contribution in [2.45, 2.75) is 0 Å². The van der Waals surface area contributed by atoms with E-state index in [9.17, 15) is 9.59 Å². The van der Waals surface area contributed by atoms with Crippen molar-refractivity contribution in [3.63, 3.8) is 0 Å². The van der Waals surface area contributed by atoms with E-state index < -0.39 is 11.6 Å². The predicted molar refractivity (Wildman–Crippen MR) is 157 cm³/mol. The lowest BCUT2D eigenvalue weighted by Gasteiger charge is -2.07. The normalized spacial score (nSPS) is 10.9. The first-order chi connectivity index (χ1) is 19.6. The van der Waals surface area contributed by atoms with Gasteiger partial charge in [-0.25, -0.2) is 33.9 Å². The molecule has 0 unspecified atom stereocenters. The second-order valence-corrected chi connectivity index (χ2v) is 10.6. The number of hydrogen-bond donors (Lipinski definition) is 1. The van der Waals surface area contributed by atoms with Crippen molar-refractivity contribution in [2.75, 3.05) is 0 Å². The molecule has 41 heavy (non-hydrogen) atoms. The minimum Gasteiger partial charge on any atom is -0.477 e. The van der Waals surface area contributed by atoms with Crippen LogP contribution in [-0.4, -0.2) is 50.6 Å². The lowest BCUT2D eigenvalue weighted by molar-refractivity contribution is 0.0686. The fraction of sp³-hybridized carbons (Fsp3) is 0. The largest absolute Gasteiger partial charge is 0.477 e. The van der Waals surface area contributed by atoms with E-state index in [-0.39, 0.29) is 27.8 Å². The van der Waals surface area contributed by atoms with Gasteiger partial charge >= 0.3 is 11.6 Å². The lowest BCUT2D eigenvalue weighted by atomic mass is 10.3. The molecule has 0 fully saturated rings. The zero-order valence-electron chi connectivity index (χ0n) is 19.9. The molecule has 0 amide bonds. The van der Waals surface area contributed by atoms with Crippen molar-refractivity contribution in [2.24, 2.45) is 0 Å². The number of hydrogen-bond acceptors (Lipinski definition) is 9. The van der Waals surface area contributed by atoms with Crippen LogP contribution < -0.4 is 5.63 Å². The Hall–Kier alpha value is -3.69. The number of nitrogens with zero attached hydrogens (tertiary/aromatic N) is 8. The topological polar surface area (TPSA) is 155 Å². The van der Waals surface area contributed by atoms with Gasteiger partial charge in [-0.2, -0.15) is 10.2 Å². The minimum atomic E-state index is -1.10. The molecule has 0 radical (unpaired) electrons. The SMILES string of the molecule is O=C(O)c1cc(Br)nn1-c1ncccc1Cl.O=c1oc(-c2cc(Br)nn2-c2ncccc2Cl)nc2c(Cl)cncc12. The summed E-state index contributed by atoms with van der Waals surface area (Å²) in [5.41, 5.74) is 0.0664. The second kappa shape index (κ2) is 12.0. The highest BCUT2D eigenvalue weighted by molar-refractivity contribution is 9.10. The molecule has 0 aliphatic heterocycles. The molecule has 1 N–H and O–H groups in total. The van der Waals surface area contributed by atoms with Crippen LogP contribution in [0.4, 0.5) is 0 Å². The van der Waals surface area contributed by atoms with Crippen LogP contribution in [0.1, 0.15) is 10.5 Å². The van der Waals surface area contributed by atoms with Crippen LogP contribution in [0.2, 0.25) is 15.1 Å². The van der Waals surface area contributed by atoms with Crippen molar-refractivity contribution in [3.05, 3.63) is 102 Å². The summed E-state index contributed by atoms with van der Waals surface area (Å²) in [7, 11) is 0. The molecule has 0 spiro atoms. The van der Waals surface area contributed by atoms with Crippen LogP contribution in [0.5, 0.6) is 0 Å². The zero-order chi connectivity index (χ0) is 29.3. The molecule has 0 aromatic carbocycles. The average Bonchev–Trinajstić information content (AvgIpc) is 3.53. The fourth-order valence-corrected chi connectivity index (χ4v) is 4.82. The molecule has 0 atom stereocenters. The molecule has 6 aromatic heterocycles. The van der Waals surface area contributed by atoms with E-state index in [2.05, 4.69) is 62.0 Å². The Kier molecular flexibility index (Phi) is 8.47. The number of pyridine rings is 3. The number of aromatic carboxylic acids is 1. The fourth-order valence-electron chi connectivity index (χ4n) is 3.47. The Bertz CT molecular complexity index is 2000. The quantitative estimate of drug-likeness (QED) is 0.218. The molecule has 0 saturated heterocycles. The molecule has 0 aliphatic carbocycles. The van der Waals surface area contributed by atoms with Gasteiger partial charge in [-0.1, -0.05) is 34.8 Å². The third kappa shape index (κ3) is 6.01. The highest BCUT2D eigenvalue weighted by atomic mass is 79.9. The van der Waals surface area contributed by atoms with E-state index in [0.717, 1.165) is 0 Å². The summed E-state index contributed by atoms with van der Waals surface area (Å²) in [6.45, 7) is 0. The first kappa shape index (κ1) is 28.8. The minimum absolute atomic E-state index is 0.00697. The Morgan fingerprint density at radius 3 is 2.12 bits per heavy atom. The summed E-state index contributed by atoms with van der Waals surface area (Å²) < 4.78 is 8.84. The third-order valence-electron chi connectivity index (χ3n) is 5.17. The van der Waals surface area contributed by atoms with Crippen LogP contribution in [0, 0.1) is 0 Å². The molecular formula is C24H11Br2Cl3N8O4. The summed E-state index contributed by atoms with van der Waals surface area (Å²) in [6, 6.07) is 9.67. The maximum absolute atomic E-state index is 12.3. The molecule has 17 heteroatoms. The van der Waals surface area contributed by atoms with Crippen molar-refractivity contribution >= 4 is 83.5 Å². The Morgan fingerprint density at radius 1 is 0.878 bits per heavy atom. The highest BCUT2D eigenvalue weighted by Gasteiger charge is 2.20. The molecule has 6 aromatic rings. The maximum atomic E-state index is 12.3. The summed E-state index contributed by atoms with van der Waals surface area (Å²) in [5, 5.41) is 18.4. The first-order valence-electron chi connectivity index (χ1n) is 11.0. The second-order valence-electron chi connectivity index (χ2n) is 7.77. The molecule has 206 valence electrons. The Labute approximate surface area is 260 Å². The van der Waals surface area contributed by atoms with Crippen molar-refractivity contribution in [3.8, 4) is 23.2 Å². The molecule has 12 nitrogen and oxygen atoms in total. The standard InChI is InChI=1S/C15H6BrCl2N5O2.C9H5BrClN3O2/c16-11-4-10(23(22-11)13-8(17)2-1-3-20-13)14-21-12-7(15(24)25-14)5-19-6-9(12)18;10-7-4-6(9(15)16)14(13-7)8-5(11)2-1-3-12-8/h1-6H;1-4H,(H,15,16). The number of rotatable bonds is 4. The summed E-state index contributed by atoms with van der Waals surface area (Å²) in [4.78, 5) is 39.6. The van der Waals surface area contributed by atoms with Crippen LogP contribution in [-0.2, 0) is 0 Å². The van der Waals surface area contributed by atoms with Gasteiger partial charge in [0, 0.05) is 36.9 Å². The van der Waals surface area contributed by atoms with Crippen LogP contribution >= 0.6 is 66.7 Å². The van der Waals surface area contributed by atoms with Gasteiger partial charge in [0.15, 0.2) is 17.3 Å². The Morgan fingerprint density at radius 2 is 1.49 bits per heavy atom. The summed E-state index contributed by atoms with van der Waals surface area (Å²) in [5.74, 6) is -0.409. The van der Waals surface area contributed by atoms with E-state index in [1.165, 1.54) is 34.0 Å².